The van der Waals surface area contributed by atoms with Crippen molar-refractivity contribution in [2.45, 2.75) is 25.8 Å². The first-order valence-corrected chi connectivity index (χ1v) is 9.32. The van der Waals surface area contributed by atoms with Crippen molar-refractivity contribution in [1.29, 1.82) is 0 Å². The summed E-state index contributed by atoms with van der Waals surface area (Å²) in [4.78, 5) is 16.3. The molecule has 0 radical (unpaired) electrons. The van der Waals surface area contributed by atoms with Gasteiger partial charge in [-0.2, -0.15) is 5.10 Å². The molecular weight excluding hydrogens is 356 g/mol. The zero-order valence-corrected chi connectivity index (χ0v) is 15.7. The number of aromatic nitrogens is 3. The average Bonchev–Trinajstić information content (AvgIpc) is 3.27. The van der Waals surface area contributed by atoms with Crippen molar-refractivity contribution in [1.82, 2.24) is 20.1 Å². The highest BCUT2D eigenvalue weighted by Gasteiger charge is 2.13. The van der Waals surface area contributed by atoms with Crippen molar-refractivity contribution in [3.8, 4) is 17.2 Å². The fraction of sp³-hybridized carbons (Fsp3) is 0.286. The molecule has 7 heteroatoms. The van der Waals surface area contributed by atoms with Crippen molar-refractivity contribution < 1.29 is 14.3 Å². The Morgan fingerprint density at radius 2 is 1.93 bits per heavy atom. The molecule has 1 aliphatic rings. The van der Waals surface area contributed by atoms with Crippen LogP contribution in [-0.4, -0.2) is 33.9 Å². The molecule has 0 fully saturated rings. The van der Waals surface area contributed by atoms with Gasteiger partial charge in [0.15, 0.2) is 11.5 Å². The first-order chi connectivity index (χ1) is 13.7. The fourth-order valence-corrected chi connectivity index (χ4v) is 3.16. The maximum absolute atomic E-state index is 12.4. The summed E-state index contributed by atoms with van der Waals surface area (Å²) in [5.74, 6) is 1.54. The third-order valence-corrected chi connectivity index (χ3v) is 4.70. The van der Waals surface area contributed by atoms with Crippen molar-refractivity contribution in [3.63, 3.8) is 0 Å². The van der Waals surface area contributed by atoms with Gasteiger partial charge in [-0.25, -0.2) is 9.67 Å². The molecule has 0 unspecified atom stereocenters. The summed E-state index contributed by atoms with van der Waals surface area (Å²) in [6.07, 6.45) is 4.22. The van der Waals surface area contributed by atoms with Gasteiger partial charge >= 0.3 is 0 Å². The maximum Gasteiger partial charge on any atom is 0.220 e. The molecule has 1 aromatic heterocycles. The minimum atomic E-state index is -0.0717. The van der Waals surface area contributed by atoms with E-state index in [1.54, 1.807) is 11.0 Å². The number of rotatable bonds is 6. The smallest absolute Gasteiger partial charge is 0.220 e. The monoisotopic (exact) mass is 378 g/mol. The molecular formula is C21H22N4O3. The normalized spacial score (nSPS) is 13.8. The van der Waals surface area contributed by atoms with Crippen molar-refractivity contribution in [2.24, 2.45) is 0 Å². The molecule has 0 saturated carbocycles. The van der Waals surface area contributed by atoms with Crippen LogP contribution in [0.2, 0.25) is 0 Å². The highest BCUT2D eigenvalue weighted by atomic mass is 16.6. The molecule has 7 nitrogen and oxygen atoms in total. The van der Waals surface area contributed by atoms with Crippen molar-refractivity contribution in [3.05, 3.63) is 66.2 Å². The second-order valence-corrected chi connectivity index (χ2v) is 6.70. The Labute approximate surface area is 163 Å². The molecule has 2 heterocycles. The van der Waals surface area contributed by atoms with Gasteiger partial charge in [-0.3, -0.25) is 4.79 Å². The SMILES string of the molecule is C[C@@H](NC(=O)CCc1ccc2c(c1)OCCO2)c1ccc(-n2cncn2)cc1. The number of carbonyl (C=O) groups excluding carboxylic acids is 1. The molecule has 0 spiro atoms. The largest absolute Gasteiger partial charge is 0.486 e. The van der Waals surface area contributed by atoms with Gasteiger partial charge in [0, 0.05) is 6.42 Å². The number of ether oxygens (including phenoxy) is 2. The van der Waals surface area contributed by atoms with Gasteiger partial charge in [0.1, 0.15) is 25.9 Å². The van der Waals surface area contributed by atoms with Crippen LogP contribution in [0.4, 0.5) is 0 Å². The standard InChI is InChI=1S/C21H22N4O3/c1-15(17-4-6-18(7-5-17)25-14-22-13-23-25)24-21(26)9-3-16-2-8-19-20(12-16)28-11-10-27-19/h2,4-8,12-15H,3,9-11H2,1H3,(H,24,26)/t15-/m1/s1. The summed E-state index contributed by atoms with van der Waals surface area (Å²) in [6, 6.07) is 13.7. The summed E-state index contributed by atoms with van der Waals surface area (Å²) >= 11 is 0. The topological polar surface area (TPSA) is 78.3 Å². The maximum atomic E-state index is 12.4. The predicted octanol–water partition coefficient (Wildman–Crippen LogP) is 2.85. The van der Waals surface area contributed by atoms with Gasteiger partial charge < -0.3 is 14.8 Å². The second-order valence-electron chi connectivity index (χ2n) is 6.70. The number of hydrogen-bond acceptors (Lipinski definition) is 5. The number of carbonyl (C=O) groups is 1. The lowest BCUT2D eigenvalue weighted by molar-refractivity contribution is -0.121. The van der Waals surface area contributed by atoms with Crippen LogP contribution >= 0.6 is 0 Å². The Balaban J connectivity index is 1.31. The van der Waals surface area contributed by atoms with E-state index < -0.39 is 0 Å². The van der Waals surface area contributed by atoms with Crippen LogP contribution in [0.5, 0.6) is 11.5 Å². The Morgan fingerprint density at radius 1 is 1.14 bits per heavy atom. The number of hydrogen-bond donors (Lipinski definition) is 1. The lowest BCUT2D eigenvalue weighted by atomic mass is 10.1. The molecule has 1 N–H and O–H groups in total. The number of nitrogens with zero attached hydrogens (tertiary/aromatic N) is 3. The third-order valence-electron chi connectivity index (χ3n) is 4.70. The zero-order chi connectivity index (χ0) is 19.3. The second kappa shape index (κ2) is 8.12. The van der Waals surface area contributed by atoms with E-state index in [0.717, 1.165) is 28.3 Å². The van der Waals surface area contributed by atoms with E-state index in [2.05, 4.69) is 15.4 Å². The van der Waals surface area contributed by atoms with Crippen LogP contribution in [0.15, 0.2) is 55.1 Å². The number of nitrogens with one attached hydrogen (secondary N) is 1. The van der Waals surface area contributed by atoms with Gasteiger partial charge in [-0.05, 0) is 48.7 Å². The number of aryl methyl sites for hydroxylation is 1. The third kappa shape index (κ3) is 4.14. The summed E-state index contributed by atoms with van der Waals surface area (Å²) in [7, 11) is 0. The lowest BCUT2D eigenvalue weighted by Crippen LogP contribution is -2.26. The molecule has 1 aliphatic heterocycles. The van der Waals surface area contributed by atoms with E-state index >= 15 is 0 Å². The minimum Gasteiger partial charge on any atom is -0.486 e. The van der Waals surface area contributed by atoms with E-state index in [9.17, 15) is 4.79 Å². The van der Waals surface area contributed by atoms with Crippen LogP contribution in [0, 0.1) is 0 Å². The van der Waals surface area contributed by atoms with Gasteiger partial charge in [-0.1, -0.05) is 18.2 Å². The summed E-state index contributed by atoms with van der Waals surface area (Å²) < 4.78 is 12.8. The molecule has 2 aromatic carbocycles. The average molecular weight is 378 g/mol. The summed E-state index contributed by atoms with van der Waals surface area (Å²) in [6.45, 7) is 3.11. The molecule has 4 rings (SSSR count). The van der Waals surface area contributed by atoms with Crippen LogP contribution in [0.1, 0.15) is 30.5 Å². The summed E-state index contributed by atoms with van der Waals surface area (Å²) in [5.41, 5.74) is 3.03. The molecule has 0 aliphatic carbocycles. The molecule has 0 bridgehead atoms. The van der Waals surface area contributed by atoms with Gasteiger partial charge in [0.2, 0.25) is 5.91 Å². The first-order valence-electron chi connectivity index (χ1n) is 9.32. The zero-order valence-electron chi connectivity index (χ0n) is 15.7. The number of benzene rings is 2. The molecule has 28 heavy (non-hydrogen) atoms. The summed E-state index contributed by atoms with van der Waals surface area (Å²) in [5, 5.41) is 7.16. The fourth-order valence-electron chi connectivity index (χ4n) is 3.16. The number of fused-ring (bicyclic) bond motifs is 1. The van der Waals surface area contributed by atoms with Crippen molar-refractivity contribution >= 4 is 5.91 Å². The van der Waals surface area contributed by atoms with Crippen LogP contribution in [-0.2, 0) is 11.2 Å². The Bertz CT molecular complexity index is 939. The van der Waals surface area contributed by atoms with Gasteiger partial charge in [0.25, 0.3) is 0 Å². The number of amides is 1. The van der Waals surface area contributed by atoms with E-state index in [1.807, 2.05) is 49.4 Å². The van der Waals surface area contributed by atoms with E-state index in [-0.39, 0.29) is 11.9 Å². The Kier molecular flexibility index (Phi) is 5.23. The van der Waals surface area contributed by atoms with Crippen LogP contribution < -0.4 is 14.8 Å². The van der Waals surface area contributed by atoms with Crippen molar-refractivity contribution in [2.75, 3.05) is 13.2 Å². The van der Waals surface area contributed by atoms with E-state index in [4.69, 9.17) is 9.47 Å². The minimum absolute atomic E-state index is 0.0164. The van der Waals surface area contributed by atoms with E-state index in [1.165, 1.54) is 6.33 Å². The molecule has 1 amide bonds. The molecule has 0 saturated heterocycles. The Morgan fingerprint density at radius 3 is 2.68 bits per heavy atom. The van der Waals surface area contributed by atoms with E-state index in [0.29, 0.717) is 26.1 Å². The molecule has 144 valence electrons. The molecule has 3 aromatic rings. The first kappa shape index (κ1) is 18.0. The lowest BCUT2D eigenvalue weighted by Gasteiger charge is -2.19. The van der Waals surface area contributed by atoms with Gasteiger partial charge in [0.05, 0.1) is 11.7 Å². The quantitative estimate of drug-likeness (QED) is 0.714. The van der Waals surface area contributed by atoms with Crippen LogP contribution in [0.25, 0.3) is 5.69 Å². The van der Waals surface area contributed by atoms with Gasteiger partial charge in [-0.15, -0.1) is 0 Å². The molecule has 1 atom stereocenters. The Hall–Kier alpha value is -3.35. The van der Waals surface area contributed by atoms with Crippen LogP contribution in [0.3, 0.4) is 0 Å². The highest BCUT2D eigenvalue weighted by Crippen LogP contribution is 2.31. The predicted molar refractivity (Wildman–Crippen MR) is 104 cm³/mol. The highest BCUT2D eigenvalue weighted by molar-refractivity contribution is 5.76.